The van der Waals surface area contributed by atoms with Gasteiger partial charge >= 0.3 is 5.97 Å². The number of nitrogens with zero attached hydrogens (tertiary/aromatic N) is 1. The maximum absolute atomic E-state index is 14.3. The normalized spacial score (nSPS) is 19.0. The van der Waals surface area contributed by atoms with Crippen LogP contribution in [0.4, 0.5) is 0 Å². The number of amides is 2. The lowest BCUT2D eigenvalue weighted by Crippen LogP contribution is -2.78. The molecule has 41 heavy (non-hydrogen) atoms. The summed E-state index contributed by atoms with van der Waals surface area (Å²) in [5, 5.41) is 33.0. The molecule has 0 aliphatic carbocycles. The molecule has 0 saturated carbocycles. The zero-order valence-corrected chi connectivity index (χ0v) is 24.4. The van der Waals surface area contributed by atoms with Crippen molar-refractivity contribution in [3.63, 3.8) is 0 Å². The number of phenols is 1. The Hall–Kier alpha value is -2.88. The van der Waals surface area contributed by atoms with E-state index in [0.717, 1.165) is 13.8 Å². The van der Waals surface area contributed by atoms with Gasteiger partial charge in [-0.25, -0.2) is 4.79 Å². The number of rotatable bonds is 15. The first-order valence-corrected chi connectivity index (χ1v) is 14.7. The first kappa shape index (κ1) is 34.3. The van der Waals surface area contributed by atoms with Crippen molar-refractivity contribution in [1.82, 2.24) is 10.2 Å². The maximum atomic E-state index is 14.3. The molecule has 1 fully saturated rings. The van der Waals surface area contributed by atoms with Crippen LogP contribution in [0, 0.1) is 5.41 Å². The lowest BCUT2D eigenvalue weighted by molar-refractivity contribution is -0.183. The summed E-state index contributed by atoms with van der Waals surface area (Å²) in [5.74, 6) is -6.15. The van der Waals surface area contributed by atoms with Gasteiger partial charge in [-0.2, -0.15) is 11.8 Å². The second kappa shape index (κ2) is 14.3. The SMILES string of the molecule is CSCCC(N)C(=O)N(C(=O)C(N)Cc1ccc(O)cc1)C(C(=O)O)(C(=O)C1CCCN1)C(C)(C)C(=O)C(N)CO. The number of nitrogens with one attached hydrogen (secondary N) is 1. The van der Waals surface area contributed by atoms with Crippen LogP contribution in [-0.2, 0) is 30.4 Å². The monoisotopic (exact) mass is 595 g/mol. The third-order valence-electron chi connectivity index (χ3n) is 7.53. The Morgan fingerprint density at radius 1 is 1.05 bits per heavy atom. The first-order chi connectivity index (χ1) is 19.2. The summed E-state index contributed by atoms with van der Waals surface area (Å²) in [4.78, 5) is 69.8. The van der Waals surface area contributed by atoms with Crippen molar-refractivity contribution >= 4 is 41.1 Å². The van der Waals surface area contributed by atoms with Crippen LogP contribution < -0.4 is 22.5 Å². The Morgan fingerprint density at radius 3 is 2.12 bits per heavy atom. The maximum Gasteiger partial charge on any atom is 0.339 e. The molecule has 1 aromatic carbocycles. The molecule has 5 unspecified atom stereocenters. The summed E-state index contributed by atoms with van der Waals surface area (Å²) in [6.45, 7) is 1.71. The molecule has 2 amide bonds. The number of nitrogens with two attached hydrogens (primary N) is 3. The van der Waals surface area contributed by atoms with Gasteiger partial charge in [0, 0.05) is 0 Å². The van der Waals surface area contributed by atoms with E-state index in [1.165, 1.54) is 36.0 Å². The van der Waals surface area contributed by atoms with Gasteiger partial charge in [-0.3, -0.25) is 24.1 Å². The van der Waals surface area contributed by atoms with E-state index in [2.05, 4.69) is 5.32 Å². The van der Waals surface area contributed by atoms with Crippen molar-refractivity contribution in [2.24, 2.45) is 22.6 Å². The third-order valence-corrected chi connectivity index (χ3v) is 8.18. The molecule has 5 atom stereocenters. The van der Waals surface area contributed by atoms with Gasteiger partial charge in [0.15, 0.2) is 11.6 Å². The molecule has 2 rings (SSSR count). The van der Waals surface area contributed by atoms with Gasteiger partial charge in [-0.15, -0.1) is 0 Å². The highest BCUT2D eigenvalue weighted by Gasteiger charge is 2.69. The lowest BCUT2D eigenvalue weighted by atomic mass is 9.62. The fourth-order valence-electron chi connectivity index (χ4n) is 5.16. The van der Waals surface area contributed by atoms with E-state index in [4.69, 9.17) is 17.2 Å². The topological polar surface area (TPSA) is 239 Å². The van der Waals surface area contributed by atoms with Crippen LogP contribution in [0.15, 0.2) is 24.3 Å². The van der Waals surface area contributed by atoms with Crippen molar-refractivity contribution in [3.8, 4) is 5.75 Å². The highest BCUT2D eigenvalue weighted by molar-refractivity contribution is 7.98. The smallest absolute Gasteiger partial charge is 0.339 e. The molecule has 0 bridgehead atoms. The number of carboxylic acid groups (broad SMARTS) is 1. The minimum absolute atomic E-state index is 0.0348. The van der Waals surface area contributed by atoms with E-state index >= 15 is 0 Å². The van der Waals surface area contributed by atoms with E-state index in [1.807, 2.05) is 0 Å². The van der Waals surface area contributed by atoms with Gasteiger partial charge in [0.25, 0.3) is 0 Å². The highest BCUT2D eigenvalue weighted by Crippen LogP contribution is 2.42. The number of aromatic hydroxyl groups is 1. The number of aliphatic hydroxyl groups is 1. The van der Waals surface area contributed by atoms with Gasteiger partial charge in [-0.1, -0.05) is 12.1 Å². The number of Topliss-reactive ketones (excluding diaryl/α,β-unsaturated/α-hetero) is 2. The van der Waals surface area contributed by atoms with Crippen molar-refractivity contribution in [2.75, 3.05) is 25.2 Å². The predicted molar refractivity (Wildman–Crippen MR) is 153 cm³/mol. The Balaban J connectivity index is 2.85. The number of hydrogen-bond donors (Lipinski definition) is 7. The largest absolute Gasteiger partial charge is 0.508 e. The minimum atomic E-state index is -3.11. The van der Waals surface area contributed by atoms with Gasteiger partial charge in [0.1, 0.15) is 5.75 Å². The Bertz CT molecular complexity index is 1130. The number of benzene rings is 1. The number of imide groups is 1. The number of carbonyl (C=O) groups excluding carboxylic acids is 4. The predicted octanol–water partition coefficient (Wildman–Crippen LogP) is -1.24. The van der Waals surface area contributed by atoms with Crippen molar-refractivity contribution in [2.45, 2.75) is 69.2 Å². The molecule has 228 valence electrons. The van der Waals surface area contributed by atoms with E-state index in [9.17, 15) is 39.3 Å². The van der Waals surface area contributed by atoms with Crippen LogP contribution in [-0.4, -0.2) is 104 Å². The number of aliphatic carboxylic acids is 1. The van der Waals surface area contributed by atoms with Gasteiger partial charge in [0.2, 0.25) is 17.4 Å². The molecule has 10 N–H and O–H groups in total. The average molecular weight is 596 g/mol. The molecule has 1 aliphatic heterocycles. The standard InChI is InChI=1S/C27H41N5O8S/c1-26(2,21(35)19(30)14-33)27(25(39)40,22(36)20-5-4-11-31-20)32(23(37)17(28)10-12-41-3)24(38)18(29)13-15-6-8-16(34)9-7-15/h6-9,17-20,31,33-34H,4-5,10-14,28-30H2,1-3H3,(H,39,40). The summed E-state index contributed by atoms with van der Waals surface area (Å²) >= 11 is 1.36. The van der Waals surface area contributed by atoms with Crippen LogP contribution in [0.5, 0.6) is 5.75 Å². The number of hydrogen-bond acceptors (Lipinski definition) is 12. The minimum Gasteiger partial charge on any atom is -0.508 e. The summed E-state index contributed by atoms with van der Waals surface area (Å²) < 4.78 is 0. The fourth-order valence-corrected chi connectivity index (χ4v) is 5.65. The number of carboxylic acids is 1. The zero-order chi connectivity index (χ0) is 31.1. The Morgan fingerprint density at radius 2 is 1.63 bits per heavy atom. The molecule has 0 aromatic heterocycles. The highest BCUT2D eigenvalue weighted by atomic mass is 32.2. The summed E-state index contributed by atoms with van der Waals surface area (Å²) in [5.41, 5.74) is 13.3. The molecule has 13 nitrogen and oxygen atoms in total. The first-order valence-electron chi connectivity index (χ1n) is 13.3. The summed E-state index contributed by atoms with van der Waals surface area (Å²) in [7, 11) is 0. The fraction of sp³-hybridized carbons (Fsp3) is 0.593. The van der Waals surface area contributed by atoms with E-state index in [0.29, 0.717) is 24.3 Å². The molecular weight excluding hydrogens is 554 g/mol. The van der Waals surface area contributed by atoms with E-state index in [1.54, 1.807) is 6.26 Å². The number of phenolic OH excluding ortho intramolecular Hbond substituents is 1. The van der Waals surface area contributed by atoms with Crippen LogP contribution in [0.1, 0.15) is 38.7 Å². The van der Waals surface area contributed by atoms with Crippen LogP contribution >= 0.6 is 11.8 Å². The molecule has 1 aromatic rings. The van der Waals surface area contributed by atoms with E-state index < -0.39 is 71.1 Å². The molecule has 1 aliphatic rings. The summed E-state index contributed by atoms with van der Waals surface area (Å²) in [6, 6.07) is 0.0309. The van der Waals surface area contributed by atoms with Crippen molar-refractivity contribution < 1.29 is 39.3 Å². The molecule has 0 radical (unpaired) electrons. The second-order valence-electron chi connectivity index (χ2n) is 10.7. The summed E-state index contributed by atoms with van der Waals surface area (Å²) in [6.07, 6.45) is 2.30. The quantitative estimate of drug-likeness (QED) is 0.118. The average Bonchev–Trinajstić information content (AvgIpc) is 3.48. The zero-order valence-electron chi connectivity index (χ0n) is 23.5. The van der Waals surface area contributed by atoms with Crippen LogP contribution in [0.25, 0.3) is 0 Å². The molecule has 1 saturated heterocycles. The Kier molecular flexibility index (Phi) is 12.0. The lowest BCUT2D eigenvalue weighted by Gasteiger charge is -2.49. The van der Waals surface area contributed by atoms with Gasteiger partial charge < -0.3 is 37.8 Å². The van der Waals surface area contributed by atoms with Gasteiger partial charge in [0.05, 0.1) is 36.2 Å². The number of thioether (sulfide) groups is 1. The molecule has 14 heteroatoms. The number of carbonyl (C=O) groups is 5. The third kappa shape index (κ3) is 6.96. The number of ketones is 2. The van der Waals surface area contributed by atoms with Crippen LogP contribution in [0.3, 0.4) is 0 Å². The molecular formula is C27H41N5O8S. The second-order valence-corrected chi connectivity index (χ2v) is 11.7. The number of aliphatic hydroxyl groups excluding tert-OH is 1. The molecule has 0 spiro atoms. The van der Waals surface area contributed by atoms with Crippen molar-refractivity contribution in [1.29, 1.82) is 0 Å². The Labute approximate surface area is 243 Å². The molecule has 1 heterocycles. The van der Waals surface area contributed by atoms with Crippen molar-refractivity contribution in [3.05, 3.63) is 29.8 Å². The van der Waals surface area contributed by atoms with Gasteiger partial charge in [-0.05, 0) is 75.8 Å². The van der Waals surface area contributed by atoms with E-state index in [-0.39, 0.29) is 29.9 Å². The van der Waals surface area contributed by atoms with Crippen LogP contribution in [0.2, 0.25) is 0 Å².